The Morgan fingerprint density at radius 3 is 2.41 bits per heavy atom. The Labute approximate surface area is 157 Å². The number of methoxy groups -OCH3 is 1. The second-order valence-electron chi connectivity index (χ2n) is 5.59. The Balaban J connectivity index is 1.61. The van der Waals surface area contributed by atoms with Gasteiger partial charge in [0.2, 0.25) is 0 Å². The molecule has 0 bridgehead atoms. The van der Waals surface area contributed by atoms with Crippen molar-refractivity contribution in [3.8, 4) is 17.2 Å². The molecule has 0 amide bonds. The van der Waals surface area contributed by atoms with Gasteiger partial charge in [-0.2, -0.15) is 5.10 Å². The summed E-state index contributed by atoms with van der Waals surface area (Å²) in [7, 11) is 1.64. The van der Waals surface area contributed by atoms with Crippen LogP contribution in [0.5, 0.6) is 11.5 Å². The molecule has 0 unspecified atom stereocenters. The summed E-state index contributed by atoms with van der Waals surface area (Å²) in [5.74, 6) is 1.73. The van der Waals surface area contributed by atoms with E-state index in [9.17, 15) is 4.79 Å². The summed E-state index contributed by atoms with van der Waals surface area (Å²) in [5.41, 5.74) is 1.80. The van der Waals surface area contributed by atoms with E-state index < -0.39 is 0 Å². The Hall–Kier alpha value is -3.48. The number of aromatic nitrogens is 2. The number of anilines is 2. The molecule has 140 valence electrons. The molecule has 0 radical (unpaired) electrons. The average molecular weight is 367 g/mol. The maximum Gasteiger partial charge on any atom is 0.344 e. The second kappa shape index (κ2) is 8.75. The first-order chi connectivity index (χ1) is 13.2. The zero-order valence-electron chi connectivity index (χ0n) is 15.2. The number of esters is 1. The molecule has 0 spiro atoms. The van der Waals surface area contributed by atoms with Crippen LogP contribution in [-0.4, -0.2) is 36.1 Å². The Bertz CT molecular complexity index is 873. The fourth-order valence-corrected chi connectivity index (χ4v) is 2.40. The molecule has 0 atom stereocenters. The third kappa shape index (κ3) is 5.01. The van der Waals surface area contributed by atoms with Crippen LogP contribution >= 0.6 is 0 Å². The summed E-state index contributed by atoms with van der Waals surface area (Å²) in [4.78, 5) is 11.3. The normalized spacial score (nSPS) is 10.3. The monoisotopic (exact) mass is 367 g/mol. The van der Waals surface area contributed by atoms with E-state index in [0.29, 0.717) is 12.4 Å². The molecule has 7 heteroatoms. The maximum atomic E-state index is 11.3. The number of benzene rings is 2. The molecule has 1 heterocycles. The number of carbonyl (C=O) groups excluding carboxylic acids is 1. The highest BCUT2D eigenvalue weighted by Gasteiger charge is 2.05. The van der Waals surface area contributed by atoms with Gasteiger partial charge in [-0.05, 0) is 55.5 Å². The van der Waals surface area contributed by atoms with E-state index in [0.717, 1.165) is 22.9 Å². The second-order valence-corrected chi connectivity index (χ2v) is 5.59. The van der Waals surface area contributed by atoms with Gasteiger partial charge >= 0.3 is 5.97 Å². The standard InChI is InChI=1S/C20H21N3O4/c1-3-26-20(24)14-27-18-10-6-16(7-11-18)23-13-12-19(22-23)21-15-4-8-17(25-2)9-5-15/h4-13H,3,14H2,1-2H3,(H,21,22). The van der Waals surface area contributed by atoms with Gasteiger partial charge in [0, 0.05) is 18.0 Å². The van der Waals surface area contributed by atoms with E-state index in [1.54, 1.807) is 30.8 Å². The molecular formula is C20H21N3O4. The van der Waals surface area contributed by atoms with Crippen LogP contribution in [0.4, 0.5) is 11.5 Å². The van der Waals surface area contributed by atoms with E-state index in [1.807, 2.05) is 48.7 Å². The van der Waals surface area contributed by atoms with Crippen LogP contribution in [0, 0.1) is 0 Å². The molecule has 0 aliphatic carbocycles. The van der Waals surface area contributed by atoms with E-state index in [4.69, 9.17) is 14.2 Å². The van der Waals surface area contributed by atoms with Crippen LogP contribution < -0.4 is 14.8 Å². The molecule has 1 N–H and O–H groups in total. The molecule has 0 saturated carbocycles. The highest BCUT2D eigenvalue weighted by atomic mass is 16.6. The topological polar surface area (TPSA) is 74.6 Å². The van der Waals surface area contributed by atoms with Crippen LogP contribution in [0.25, 0.3) is 5.69 Å². The lowest BCUT2D eigenvalue weighted by molar-refractivity contribution is -0.145. The van der Waals surface area contributed by atoms with Gasteiger partial charge in [-0.25, -0.2) is 9.48 Å². The molecule has 0 fully saturated rings. The van der Waals surface area contributed by atoms with Crippen molar-refractivity contribution in [3.05, 3.63) is 60.8 Å². The first kappa shape index (κ1) is 18.3. The van der Waals surface area contributed by atoms with Crippen molar-refractivity contribution in [1.29, 1.82) is 0 Å². The molecule has 7 nitrogen and oxygen atoms in total. The number of carbonyl (C=O) groups is 1. The van der Waals surface area contributed by atoms with Crippen LogP contribution in [0.2, 0.25) is 0 Å². The summed E-state index contributed by atoms with van der Waals surface area (Å²) in [6, 6.07) is 16.8. The van der Waals surface area contributed by atoms with Gasteiger partial charge in [0.1, 0.15) is 11.5 Å². The van der Waals surface area contributed by atoms with Gasteiger partial charge in [0.05, 0.1) is 19.4 Å². The van der Waals surface area contributed by atoms with Gasteiger partial charge in [-0.15, -0.1) is 0 Å². The average Bonchev–Trinajstić information content (AvgIpc) is 3.16. The number of hydrogen-bond donors (Lipinski definition) is 1. The van der Waals surface area contributed by atoms with Crippen LogP contribution in [0.15, 0.2) is 60.8 Å². The molecular weight excluding hydrogens is 346 g/mol. The molecule has 1 aromatic heterocycles. The number of nitrogens with one attached hydrogen (secondary N) is 1. The largest absolute Gasteiger partial charge is 0.497 e. The van der Waals surface area contributed by atoms with Crippen molar-refractivity contribution in [2.75, 3.05) is 25.6 Å². The molecule has 0 saturated heterocycles. The van der Waals surface area contributed by atoms with Gasteiger partial charge < -0.3 is 19.5 Å². The molecule has 2 aromatic carbocycles. The predicted molar refractivity (Wildman–Crippen MR) is 102 cm³/mol. The number of nitrogens with zero attached hydrogens (tertiary/aromatic N) is 2. The Morgan fingerprint density at radius 1 is 1.04 bits per heavy atom. The highest BCUT2D eigenvalue weighted by molar-refractivity contribution is 5.71. The number of ether oxygens (including phenoxy) is 3. The minimum absolute atomic E-state index is 0.106. The third-order valence-corrected chi connectivity index (χ3v) is 3.71. The zero-order chi connectivity index (χ0) is 19.1. The molecule has 3 aromatic rings. The molecule has 3 rings (SSSR count). The lowest BCUT2D eigenvalue weighted by atomic mass is 10.3. The number of hydrogen-bond acceptors (Lipinski definition) is 6. The zero-order valence-corrected chi connectivity index (χ0v) is 15.2. The molecule has 27 heavy (non-hydrogen) atoms. The third-order valence-electron chi connectivity index (χ3n) is 3.71. The van der Waals surface area contributed by atoms with Crippen LogP contribution in [-0.2, 0) is 9.53 Å². The number of rotatable bonds is 8. The SMILES string of the molecule is CCOC(=O)COc1ccc(-n2ccc(Nc3ccc(OC)cc3)n2)cc1. The Morgan fingerprint density at radius 2 is 1.74 bits per heavy atom. The van der Waals surface area contributed by atoms with Gasteiger partial charge in [0.15, 0.2) is 12.4 Å². The summed E-state index contributed by atoms with van der Waals surface area (Å²) in [6.07, 6.45) is 1.86. The highest BCUT2D eigenvalue weighted by Crippen LogP contribution is 2.20. The maximum absolute atomic E-state index is 11.3. The van der Waals surface area contributed by atoms with E-state index in [-0.39, 0.29) is 12.6 Å². The van der Waals surface area contributed by atoms with Gasteiger partial charge in [0.25, 0.3) is 0 Å². The van der Waals surface area contributed by atoms with Crippen molar-refractivity contribution in [3.63, 3.8) is 0 Å². The fourth-order valence-electron chi connectivity index (χ4n) is 2.40. The van der Waals surface area contributed by atoms with Crippen LogP contribution in [0.3, 0.4) is 0 Å². The molecule has 0 aliphatic heterocycles. The van der Waals surface area contributed by atoms with Crippen LogP contribution in [0.1, 0.15) is 6.92 Å². The minimum atomic E-state index is -0.386. The van der Waals surface area contributed by atoms with Crippen molar-refractivity contribution >= 4 is 17.5 Å². The van der Waals surface area contributed by atoms with E-state index in [2.05, 4.69) is 10.4 Å². The summed E-state index contributed by atoms with van der Waals surface area (Å²) >= 11 is 0. The van der Waals surface area contributed by atoms with Crippen molar-refractivity contribution in [1.82, 2.24) is 9.78 Å². The van der Waals surface area contributed by atoms with Gasteiger partial charge in [-0.3, -0.25) is 0 Å². The summed E-state index contributed by atoms with van der Waals surface area (Å²) in [5, 5.41) is 7.74. The Kier molecular flexibility index (Phi) is 5.94. The van der Waals surface area contributed by atoms with E-state index >= 15 is 0 Å². The lowest BCUT2D eigenvalue weighted by Gasteiger charge is -2.07. The van der Waals surface area contributed by atoms with E-state index in [1.165, 1.54) is 0 Å². The van der Waals surface area contributed by atoms with Crippen molar-refractivity contribution in [2.45, 2.75) is 6.92 Å². The summed E-state index contributed by atoms with van der Waals surface area (Å²) < 4.78 is 17.1. The smallest absolute Gasteiger partial charge is 0.344 e. The van der Waals surface area contributed by atoms with Crippen molar-refractivity contribution < 1.29 is 19.0 Å². The summed E-state index contributed by atoms with van der Waals surface area (Å²) in [6.45, 7) is 1.99. The quantitative estimate of drug-likeness (QED) is 0.614. The molecule has 0 aliphatic rings. The first-order valence-electron chi connectivity index (χ1n) is 8.53. The fraction of sp³-hybridized carbons (Fsp3) is 0.200. The minimum Gasteiger partial charge on any atom is -0.497 e. The first-order valence-corrected chi connectivity index (χ1v) is 8.53. The predicted octanol–water partition coefficient (Wildman–Crippen LogP) is 3.57. The van der Waals surface area contributed by atoms with Crippen molar-refractivity contribution in [2.24, 2.45) is 0 Å². The van der Waals surface area contributed by atoms with Gasteiger partial charge in [-0.1, -0.05) is 0 Å². The lowest BCUT2D eigenvalue weighted by Crippen LogP contribution is -2.14.